The zero-order valence-electron chi connectivity index (χ0n) is 15.3. The van der Waals surface area contributed by atoms with E-state index in [0.717, 1.165) is 30.5 Å². The molecule has 1 heteroatoms. The Morgan fingerprint density at radius 2 is 2.00 bits per heavy atom. The summed E-state index contributed by atoms with van der Waals surface area (Å²) in [4.78, 5) is 0. The van der Waals surface area contributed by atoms with Crippen molar-refractivity contribution in [3.8, 4) is 12.3 Å². The molecule has 2 N–H and O–H groups in total. The third kappa shape index (κ3) is 7.03. The number of hydrogen-bond donors (Lipinski definition) is 1. The lowest BCUT2D eigenvalue weighted by atomic mass is 9.70. The molecule has 0 aromatic heterocycles. The van der Waals surface area contributed by atoms with Crippen LogP contribution in [0.5, 0.6) is 0 Å². The molecule has 1 nitrogen and oxygen atoms in total. The van der Waals surface area contributed by atoms with E-state index in [4.69, 9.17) is 12.2 Å². The maximum Gasteiger partial charge on any atom is 0.00807 e. The van der Waals surface area contributed by atoms with E-state index in [0.29, 0.717) is 5.92 Å². The number of nitrogens with two attached hydrogens (primary N) is 1. The van der Waals surface area contributed by atoms with E-state index in [-0.39, 0.29) is 5.41 Å². The van der Waals surface area contributed by atoms with Crippen molar-refractivity contribution in [1.29, 1.82) is 0 Å². The molecule has 0 aliphatic rings. The molecule has 0 saturated carbocycles. The molecule has 0 saturated heterocycles. The van der Waals surface area contributed by atoms with Crippen molar-refractivity contribution in [3.05, 3.63) is 35.6 Å². The summed E-state index contributed by atoms with van der Waals surface area (Å²) < 4.78 is 0. The topological polar surface area (TPSA) is 26.0 Å². The third-order valence-electron chi connectivity index (χ3n) is 4.57. The standard InChI is InChI=1S/C21H35N/c1-8-12-14-19(13-9-2)21(6,7)16-18(17(5)10-3)15-20(22)11-4/h3,9,15,19H,2,8,11-14,16,22H2,1,4-7H3/b18-17+,20-15+. The van der Waals surface area contributed by atoms with Crippen LogP contribution in [0.2, 0.25) is 0 Å². The molecule has 0 amide bonds. The van der Waals surface area contributed by atoms with Crippen molar-refractivity contribution in [2.45, 2.75) is 73.1 Å². The minimum absolute atomic E-state index is 0.182. The Morgan fingerprint density at radius 3 is 2.45 bits per heavy atom. The SMILES string of the molecule is C#C/C(C)=C(\C=C(\N)CC)CC(C)(C)C(CC=C)CCCC. The zero-order valence-corrected chi connectivity index (χ0v) is 15.3. The maximum absolute atomic E-state index is 6.04. The van der Waals surface area contributed by atoms with E-state index in [1.807, 2.05) is 6.92 Å². The highest BCUT2D eigenvalue weighted by Gasteiger charge is 2.29. The lowest BCUT2D eigenvalue weighted by Crippen LogP contribution is -2.25. The number of terminal acetylenes is 1. The van der Waals surface area contributed by atoms with Crippen molar-refractivity contribution in [2.75, 3.05) is 0 Å². The Kier molecular flexibility index (Phi) is 9.66. The highest BCUT2D eigenvalue weighted by atomic mass is 14.6. The Morgan fingerprint density at radius 1 is 1.36 bits per heavy atom. The summed E-state index contributed by atoms with van der Waals surface area (Å²) in [6.07, 6.45) is 16.4. The van der Waals surface area contributed by atoms with E-state index in [2.05, 4.69) is 52.3 Å². The Balaban J connectivity index is 5.38. The Bertz CT molecular complexity index is 443. The lowest BCUT2D eigenvalue weighted by molar-refractivity contribution is 0.196. The van der Waals surface area contributed by atoms with Crippen LogP contribution in [0.15, 0.2) is 35.6 Å². The fourth-order valence-corrected chi connectivity index (χ4v) is 2.82. The van der Waals surface area contributed by atoms with Gasteiger partial charge >= 0.3 is 0 Å². The average molecular weight is 302 g/mol. The van der Waals surface area contributed by atoms with Crippen LogP contribution in [0.25, 0.3) is 0 Å². The molecule has 0 spiro atoms. The summed E-state index contributed by atoms with van der Waals surface area (Å²) in [7, 11) is 0. The fraction of sp³-hybridized carbons (Fsp3) is 0.619. The van der Waals surface area contributed by atoms with Crippen LogP contribution in [-0.4, -0.2) is 0 Å². The summed E-state index contributed by atoms with van der Waals surface area (Å²) in [6.45, 7) is 15.0. The second kappa shape index (κ2) is 10.3. The average Bonchev–Trinajstić information content (AvgIpc) is 2.49. The quantitative estimate of drug-likeness (QED) is 0.299. The smallest absolute Gasteiger partial charge is 0.00807 e. The highest BCUT2D eigenvalue weighted by Crippen LogP contribution is 2.40. The molecule has 0 heterocycles. The van der Waals surface area contributed by atoms with Crippen LogP contribution < -0.4 is 5.73 Å². The Hall–Kier alpha value is -1.42. The van der Waals surface area contributed by atoms with Gasteiger partial charge in [-0.1, -0.05) is 52.5 Å². The van der Waals surface area contributed by atoms with E-state index in [1.165, 1.54) is 24.8 Å². The molecule has 22 heavy (non-hydrogen) atoms. The third-order valence-corrected chi connectivity index (χ3v) is 4.57. The van der Waals surface area contributed by atoms with Gasteiger partial charge in [0.1, 0.15) is 0 Å². The molecule has 0 aliphatic heterocycles. The molecular weight excluding hydrogens is 266 g/mol. The van der Waals surface area contributed by atoms with Crippen LogP contribution in [0.4, 0.5) is 0 Å². The van der Waals surface area contributed by atoms with Gasteiger partial charge in [0.05, 0.1) is 0 Å². The molecular formula is C21H35N. The van der Waals surface area contributed by atoms with Gasteiger partial charge in [-0.2, -0.15) is 0 Å². The first kappa shape index (κ1) is 20.6. The predicted octanol–water partition coefficient (Wildman–Crippen LogP) is 5.99. The largest absolute Gasteiger partial charge is 0.402 e. The maximum atomic E-state index is 6.04. The number of hydrogen-bond acceptors (Lipinski definition) is 1. The second-order valence-corrected chi connectivity index (χ2v) is 6.90. The van der Waals surface area contributed by atoms with Gasteiger partial charge in [0, 0.05) is 11.3 Å². The summed E-state index contributed by atoms with van der Waals surface area (Å²) in [6, 6.07) is 0. The second-order valence-electron chi connectivity index (χ2n) is 6.90. The van der Waals surface area contributed by atoms with E-state index >= 15 is 0 Å². The molecule has 0 rings (SSSR count). The number of rotatable bonds is 10. The first-order valence-electron chi connectivity index (χ1n) is 8.55. The molecule has 1 unspecified atom stereocenters. The number of unbranched alkanes of at least 4 members (excludes halogenated alkanes) is 1. The van der Waals surface area contributed by atoms with Crippen LogP contribution in [0, 0.1) is 23.7 Å². The molecule has 0 fully saturated rings. The normalized spacial score (nSPS) is 15.0. The summed E-state index contributed by atoms with van der Waals surface area (Å²) >= 11 is 0. The van der Waals surface area contributed by atoms with Crippen molar-refractivity contribution in [2.24, 2.45) is 17.1 Å². The van der Waals surface area contributed by atoms with Gasteiger partial charge in [-0.25, -0.2) is 0 Å². The monoisotopic (exact) mass is 301 g/mol. The lowest BCUT2D eigenvalue weighted by Gasteiger charge is -2.35. The molecule has 124 valence electrons. The zero-order chi connectivity index (χ0) is 17.2. The first-order chi connectivity index (χ1) is 10.3. The summed E-state index contributed by atoms with van der Waals surface area (Å²) in [5, 5.41) is 0. The van der Waals surface area contributed by atoms with Crippen molar-refractivity contribution >= 4 is 0 Å². The van der Waals surface area contributed by atoms with Gasteiger partial charge in [-0.15, -0.1) is 13.0 Å². The Labute approximate surface area is 138 Å². The van der Waals surface area contributed by atoms with Crippen molar-refractivity contribution in [1.82, 2.24) is 0 Å². The molecule has 0 aromatic carbocycles. The molecule has 0 bridgehead atoms. The van der Waals surface area contributed by atoms with Crippen molar-refractivity contribution < 1.29 is 0 Å². The van der Waals surface area contributed by atoms with Gasteiger partial charge < -0.3 is 5.73 Å². The van der Waals surface area contributed by atoms with Crippen molar-refractivity contribution in [3.63, 3.8) is 0 Å². The first-order valence-corrected chi connectivity index (χ1v) is 8.55. The minimum Gasteiger partial charge on any atom is -0.402 e. The highest BCUT2D eigenvalue weighted by molar-refractivity contribution is 5.37. The van der Waals surface area contributed by atoms with Crippen LogP contribution in [0.1, 0.15) is 73.1 Å². The summed E-state index contributed by atoms with van der Waals surface area (Å²) in [5.74, 6) is 3.42. The van der Waals surface area contributed by atoms with Gasteiger partial charge in [-0.05, 0) is 55.6 Å². The predicted molar refractivity (Wildman–Crippen MR) is 100 cm³/mol. The van der Waals surface area contributed by atoms with Gasteiger partial charge in [0.25, 0.3) is 0 Å². The van der Waals surface area contributed by atoms with Gasteiger partial charge in [0.2, 0.25) is 0 Å². The minimum atomic E-state index is 0.182. The molecule has 1 atom stereocenters. The summed E-state index contributed by atoms with van der Waals surface area (Å²) in [5.41, 5.74) is 9.33. The van der Waals surface area contributed by atoms with Crippen LogP contribution >= 0.6 is 0 Å². The molecule has 0 aromatic rings. The van der Waals surface area contributed by atoms with Gasteiger partial charge in [-0.3, -0.25) is 0 Å². The van der Waals surface area contributed by atoms with Gasteiger partial charge in [0.15, 0.2) is 0 Å². The van der Waals surface area contributed by atoms with E-state index in [9.17, 15) is 0 Å². The number of allylic oxidation sites excluding steroid dienone is 5. The van der Waals surface area contributed by atoms with E-state index < -0.39 is 0 Å². The van der Waals surface area contributed by atoms with E-state index in [1.54, 1.807) is 0 Å². The fourth-order valence-electron chi connectivity index (χ4n) is 2.82. The molecule has 0 aliphatic carbocycles. The van der Waals surface area contributed by atoms with Crippen LogP contribution in [0.3, 0.4) is 0 Å². The van der Waals surface area contributed by atoms with Crippen LogP contribution in [-0.2, 0) is 0 Å². The molecule has 0 radical (unpaired) electrons.